The molecule has 0 aliphatic carbocycles. The summed E-state index contributed by atoms with van der Waals surface area (Å²) >= 11 is 12.6. The van der Waals surface area contributed by atoms with E-state index < -0.39 is 17.7 Å². The van der Waals surface area contributed by atoms with Crippen LogP contribution in [0.2, 0.25) is 10.0 Å². The minimum Gasteiger partial charge on any atom is -0.478 e. The Morgan fingerprint density at radius 3 is 2.53 bits per heavy atom. The molecule has 11 heteroatoms. The van der Waals surface area contributed by atoms with E-state index in [-0.39, 0.29) is 44.6 Å². The van der Waals surface area contributed by atoms with Crippen LogP contribution < -0.4 is 5.32 Å². The van der Waals surface area contributed by atoms with Crippen LogP contribution in [0.1, 0.15) is 40.6 Å². The molecule has 1 amide bonds. The van der Waals surface area contributed by atoms with Gasteiger partial charge in [-0.05, 0) is 56.3 Å². The van der Waals surface area contributed by atoms with Crippen LogP contribution in [0.3, 0.4) is 0 Å². The SMILES string of the molecule is CC(C)n1c(NC(=O)c2cc(Cl)c3nc(-c4c(F)cccc4Cl)[nH]c3c2)nc2cc(C(=O)O)ccc21. The molecule has 5 rings (SSSR count). The number of halogens is 3. The number of carbonyl (C=O) groups excluding carboxylic acids is 1. The standard InChI is InChI=1S/C25H18Cl2FN5O3/c1-11(2)33-19-7-6-12(24(35)36)9-17(19)30-25(33)32-23(34)13-8-15(27)21-18(10-13)29-22(31-21)20-14(26)4-3-5-16(20)28/h3-11H,1-2H3,(H,29,31)(H,35,36)(H,30,32,34). The van der Waals surface area contributed by atoms with E-state index >= 15 is 0 Å². The summed E-state index contributed by atoms with van der Waals surface area (Å²) in [6.07, 6.45) is 0. The van der Waals surface area contributed by atoms with E-state index in [0.717, 1.165) is 0 Å². The fraction of sp³-hybridized carbons (Fsp3) is 0.120. The maximum Gasteiger partial charge on any atom is 0.335 e. The summed E-state index contributed by atoms with van der Waals surface area (Å²) in [4.78, 5) is 36.3. The normalized spacial score (nSPS) is 11.5. The highest BCUT2D eigenvalue weighted by molar-refractivity contribution is 6.36. The number of carbonyl (C=O) groups is 2. The molecule has 0 saturated carbocycles. The molecule has 2 heterocycles. The first kappa shape index (κ1) is 23.8. The van der Waals surface area contributed by atoms with Crippen molar-refractivity contribution in [1.82, 2.24) is 19.5 Å². The molecule has 0 fully saturated rings. The van der Waals surface area contributed by atoms with Gasteiger partial charge in [0.2, 0.25) is 5.95 Å². The average molecular weight is 526 g/mol. The lowest BCUT2D eigenvalue weighted by molar-refractivity contribution is 0.0696. The number of aromatic amines is 1. The molecule has 0 spiro atoms. The number of imidazole rings is 2. The molecular weight excluding hydrogens is 508 g/mol. The number of H-pyrrole nitrogens is 1. The number of fused-ring (bicyclic) bond motifs is 2. The van der Waals surface area contributed by atoms with E-state index in [0.29, 0.717) is 22.1 Å². The van der Waals surface area contributed by atoms with Gasteiger partial charge in [-0.15, -0.1) is 0 Å². The van der Waals surface area contributed by atoms with Crippen LogP contribution in [-0.4, -0.2) is 36.5 Å². The number of aromatic carboxylic acids is 1. The van der Waals surface area contributed by atoms with Crippen molar-refractivity contribution in [2.75, 3.05) is 5.32 Å². The molecule has 36 heavy (non-hydrogen) atoms. The number of hydrogen-bond donors (Lipinski definition) is 3. The zero-order valence-corrected chi connectivity index (χ0v) is 20.4. The molecule has 0 unspecified atom stereocenters. The molecule has 182 valence electrons. The Balaban J connectivity index is 1.53. The van der Waals surface area contributed by atoms with Crippen molar-refractivity contribution in [3.05, 3.63) is 75.5 Å². The molecule has 0 saturated heterocycles. The number of aromatic nitrogens is 4. The van der Waals surface area contributed by atoms with Gasteiger partial charge in [0.15, 0.2) is 0 Å². The lowest BCUT2D eigenvalue weighted by atomic mass is 10.2. The number of amides is 1. The van der Waals surface area contributed by atoms with Crippen LogP contribution in [0.5, 0.6) is 0 Å². The van der Waals surface area contributed by atoms with Gasteiger partial charge in [0.05, 0.1) is 37.7 Å². The Kier molecular flexibility index (Phi) is 5.89. The van der Waals surface area contributed by atoms with Gasteiger partial charge in [-0.1, -0.05) is 29.3 Å². The summed E-state index contributed by atoms with van der Waals surface area (Å²) in [5.41, 5.74) is 2.31. The van der Waals surface area contributed by atoms with E-state index in [1.807, 2.05) is 13.8 Å². The van der Waals surface area contributed by atoms with Crippen LogP contribution in [-0.2, 0) is 0 Å². The summed E-state index contributed by atoms with van der Waals surface area (Å²) in [5.74, 6) is -1.67. The van der Waals surface area contributed by atoms with Crippen molar-refractivity contribution in [2.45, 2.75) is 19.9 Å². The largest absolute Gasteiger partial charge is 0.478 e. The zero-order valence-electron chi connectivity index (χ0n) is 18.9. The summed E-state index contributed by atoms with van der Waals surface area (Å²) in [6, 6.07) is 11.8. The minimum atomic E-state index is -1.07. The fourth-order valence-corrected chi connectivity index (χ4v) is 4.58. The van der Waals surface area contributed by atoms with Crippen molar-refractivity contribution < 1.29 is 19.1 Å². The first-order valence-corrected chi connectivity index (χ1v) is 11.6. The number of carboxylic acid groups (broad SMARTS) is 1. The zero-order chi connectivity index (χ0) is 25.7. The average Bonchev–Trinajstić information content (AvgIpc) is 3.39. The Hall–Kier alpha value is -3.95. The number of carboxylic acids is 1. The third kappa shape index (κ3) is 4.06. The monoisotopic (exact) mass is 525 g/mol. The highest BCUT2D eigenvalue weighted by atomic mass is 35.5. The van der Waals surface area contributed by atoms with Crippen molar-refractivity contribution in [3.8, 4) is 11.4 Å². The quantitative estimate of drug-likeness (QED) is 0.240. The van der Waals surface area contributed by atoms with E-state index in [4.69, 9.17) is 23.2 Å². The smallest absolute Gasteiger partial charge is 0.335 e. The predicted octanol–water partition coefficient (Wildman–Crippen LogP) is 6.56. The molecule has 2 aromatic heterocycles. The molecule has 3 aromatic carbocycles. The number of anilines is 1. The summed E-state index contributed by atoms with van der Waals surface area (Å²) < 4.78 is 16.2. The van der Waals surface area contributed by atoms with Crippen molar-refractivity contribution in [2.24, 2.45) is 0 Å². The van der Waals surface area contributed by atoms with Crippen LogP contribution in [0.25, 0.3) is 33.5 Å². The topological polar surface area (TPSA) is 113 Å². The van der Waals surface area contributed by atoms with Gasteiger partial charge in [0.25, 0.3) is 5.91 Å². The highest BCUT2D eigenvalue weighted by Gasteiger charge is 2.20. The first-order chi connectivity index (χ1) is 17.1. The van der Waals surface area contributed by atoms with Gasteiger partial charge in [-0.3, -0.25) is 10.1 Å². The van der Waals surface area contributed by atoms with E-state index in [9.17, 15) is 19.1 Å². The predicted molar refractivity (Wildman–Crippen MR) is 137 cm³/mol. The summed E-state index contributed by atoms with van der Waals surface area (Å²) in [7, 11) is 0. The van der Waals surface area contributed by atoms with Crippen molar-refractivity contribution in [3.63, 3.8) is 0 Å². The van der Waals surface area contributed by atoms with Crippen molar-refractivity contribution >= 4 is 63.1 Å². The number of hydrogen-bond acceptors (Lipinski definition) is 4. The Morgan fingerprint density at radius 1 is 1.06 bits per heavy atom. The molecule has 0 bridgehead atoms. The van der Waals surface area contributed by atoms with E-state index in [1.165, 1.54) is 30.3 Å². The molecule has 0 atom stereocenters. The van der Waals surface area contributed by atoms with Gasteiger partial charge in [0, 0.05) is 11.6 Å². The lowest BCUT2D eigenvalue weighted by Gasteiger charge is -2.13. The first-order valence-electron chi connectivity index (χ1n) is 10.8. The van der Waals surface area contributed by atoms with Gasteiger partial charge in [0.1, 0.15) is 17.2 Å². The molecule has 0 aliphatic heterocycles. The maximum atomic E-state index is 14.4. The summed E-state index contributed by atoms with van der Waals surface area (Å²) in [6.45, 7) is 3.84. The van der Waals surface area contributed by atoms with Crippen LogP contribution in [0.4, 0.5) is 10.3 Å². The van der Waals surface area contributed by atoms with Crippen LogP contribution >= 0.6 is 23.2 Å². The number of nitrogens with one attached hydrogen (secondary N) is 2. The fourth-order valence-electron chi connectivity index (χ4n) is 4.07. The van der Waals surface area contributed by atoms with Crippen molar-refractivity contribution in [1.29, 1.82) is 0 Å². The van der Waals surface area contributed by atoms with Crippen LogP contribution in [0.15, 0.2) is 48.5 Å². The molecule has 3 N–H and O–H groups in total. The lowest BCUT2D eigenvalue weighted by Crippen LogP contribution is -2.17. The van der Waals surface area contributed by atoms with E-state index in [2.05, 4.69) is 20.3 Å². The van der Waals surface area contributed by atoms with Gasteiger partial charge in [-0.25, -0.2) is 19.2 Å². The number of benzene rings is 3. The molecule has 0 aliphatic rings. The third-order valence-electron chi connectivity index (χ3n) is 5.68. The van der Waals surface area contributed by atoms with Gasteiger partial charge in [-0.2, -0.15) is 0 Å². The highest BCUT2D eigenvalue weighted by Crippen LogP contribution is 2.33. The minimum absolute atomic E-state index is 0.0762. The van der Waals surface area contributed by atoms with E-state index in [1.54, 1.807) is 22.8 Å². The summed E-state index contributed by atoms with van der Waals surface area (Å²) in [5, 5.41) is 12.4. The Labute approximate surface area is 213 Å². The number of rotatable bonds is 5. The Bertz CT molecular complexity index is 1670. The number of nitrogens with zero attached hydrogens (tertiary/aromatic N) is 3. The maximum absolute atomic E-state index is 14.4. The van der Waals surface area contributed by atoms with Gasteiger partial charge < -0.3 is 14.7 Å². The molecule has 5 aromatic rings. The van der Waals surface area contributed by atoms with Gasteiger partial charge >= 0.3 is 5.97 Å². The van der Waals surface area contributed by atoms with Crippen LogP contribution in [0, 0.1) is 5.82 Å². The molecular formula is C25H18Cl2FN5O3. The second kappa shape index (κ2) is 8.92. The second-order valence-corrected chi connectivity index (χ2v) is 9.21. The molecule has 0 radical (unpaired) electrons. The second-order valence-electron chi connectivity index (χ2n) is 8.40. The third-order valence-corrected chi connectivity index (χ3v) is 6.28. The molecule has 8 nitrogen and oxygen atoms in total. The Morgan fingerprint density at radius 2 is 1.83 bits per heavy atom.